The van der Waals surface area contributed by atoms with Gasteiger partial charge in [0.2, 0.25) is 10.0 Å². The van der Waals surface area contributed by atoms with Crippen LogP contribution >= 0.6 is 0 Å². The molecule has 15 heavy (non-hydrogen) atoms. The van der Waals surface area contributed by atoms with Gasteiger partial charge >= 0.3 is 0 Å². The number of rotatable bonds is 3. The summed E-state index contributed by atoms with van der Waals surface area (Å²) in [6, 6.07) is 7.69. The third kappa shape index (κ3) is 3.85. The lowest BCUT2D eigenvalue weighted by atomic mass is 10.0. The van der Waals surface area contributed by atoms with Crippen LogP contribution in [0.3, 0.4) is 0 Å². The molecule has 4 heteroatoms. The molecular weight excluding hydrogens is 210 g/mol. The van der Waals surface area contributed by atoms with Gasteiger partial charge in [-0.3, -0.25) is 0 Å². The lowest BCUT2D eigenvalue weighted by Crippen LogP contribution is -2.08. The second kappa shape index (κ2) is 4.59. The Labute approximate surface area is 90.7 Å². The molecule has 1 rings (SSSR count). The van der Waals surface area contributed by atoms with Crippen LogP contribution in [-0.2, 0) is 10.0 Å². The molecule has 0 aromatic heterocycles. The molecule has 0 radical (unpaired) electrons. The second-order valence-electron chi connectivity index (χ2n) is 3.45. The molecule has 0 bridgehead atoms. The number of benzene rings is 1. The molecule has 0 amide bonds. The fraction of sp³-hybridized carbons (Fsp3) is 0.273. The summed E-state index contributed by atoms with van der Waals surface area (Å²) in [5.74, 6) is 0. The van der Waals surface area contributed by atoms with Crippen molar-refractivity contribution in [2.75, 3.05) is 0 Å². The lowest BCUT2D eigenvalue weighted by Gasteiger charge is -2.04. The maximum atomic E-state index is 10.9. The van der Waals surface area contributed by atoms with Crippen molar-refractivity contribution in [2.24, 2.45) is 5.14 Å². The highest BCUT2D eigenvalue weighted by molar-refractivity contribution is 7.92. The lowest BCUT2D eigenvalue weighted by molar-refractivity contribution is 0.606. The molecule has 0 aliphatic rings. The van der Waals surface area contributed by atoms with E-state index in [0.29, 0.717) is 6.42 Å². The Morgan fingerprint density at radius 2 is 1.87 bits per heavy atom. The molecule has 0 aliphatic carbocycles. The van der Waals surface area contributed by atoms with Gasteiger partial charge in [0.15, 0.2) is 0 Å². The molecule has 0 saturated heterocycles. The number of primary sulfonamides is 1. The average Bonchev–Trinajstić information content (AvgIpc) is 2.14. The van der Waals surface area contributed by atoms with Crippen molar-refractivity contribution in [1.82, 2.24) is 0 Å². The van der Waals surface area contributed by atoms with E-state index in [9.17, 15) is 8.42 Å². The molecule has 0 unspecified atom stereocenters. The second-order valence-corrected chi connectivity index (χ2v) is 4.87. The Morgan fingerprint density at radius 1 is 1.33 bits per heavy atom. The number of aryl methyl sites for hydroxylation is 1. The summed E-state index contributed by atoms with van der Waals surface area (Å²) in [6.45, 7) is 3.88. The van der Waals surface area contributed by atoms with Gasteiger partial charge in [0.25, 0.3) is 0 Å². The molecule has 3 nitrogen and oxygen atoms in total. The zero-order valence-electron chi connectivity index (χ0n) is 8.90. The molecule has 2 N–H and O–H groups in total. The van der Waals surface area contributed by atoms with Crippen LogP contribution in [0.25, 0.3) is 5.57 Å². The molecule has 0 fully saturated rings. The quantitative estimate of drug-likeness (QED) is 0.855. The zero-order chi connectivity index (χ0) is 11.5. The number of hydrogen-bond donors (Lipinski definition) is 1. The third-order valence-electron chi connectivity index (χ3n) is 2.11. The summed E-state index contributed by atoms with van der Waals surface area (Å²) < 4.78 is 21.9. The van der Waals surface area contributed by atoms with E-state index in [4.69, 9.17) is 5.14 Å². The van der Waals surface area contributed by atoms with Crippen LogP contribution in [0.1, 0.15) is 24.5 Å². The van der Waals surface area contributed by atoms with Crippen LogP contribution in [-0.4, -0.2) is 8.42 Å². The van der Waals surface area contributed by atoms with E-state index < -0.39 is 10.0 Å². The van der Waals surface area contributed by atoms with Crippen LogP contribution in [0.2, 0.25) is 0 Å². The van der Waals surface area contributed by atoms with Gasteiger partial charge in [0.05, 0.1) is 0 Å². The largest absolute Gasteiger partial charge is 0.231 e. The molecule has 0 spiro atoms. The standard InChI is InChI=1S/C11H15NO2S/c1-3-10(8-15(12,13)14)11-6-4-9(2)5-7-11/h4-8H,3H2,1-2H3,(H2,12,13,14)/b10-8-. The summed E-state index contributed by atoms with van der Waals surface area (Å²) in [5, 5.41) is 6.10. The minimum absolute atomic E-state index is 0.638. The normalized spacial score (nSPS) is 12.9. The van der Waals surface area contributed by atoms with Crippen molar-refractivity contribution in [3.8, 4) is 0 Å². The molecule has 1 aromatic rings. The monoisotopic (exact) mass is 225 g/mol. The first kappa shape index (κ1) is 11.9. The van der Waals surface area contributed by atoms with Crippen LogP contribution in [0.5, 0.6) is 0 Å². The molecule has 0 atom stereocenters. The summed E-state index contributed by atoms with van der Waals surface area (Å²) in [7, 11) is -3.56. The maximum Gasteiger partial charge on any atom is 0.231 e. The van der Waals surface area contributed by atoms with Crippen LogP contribution in [0, 0.1) is 6.92 Å². The van der Waals surface area contributed by atoms with Gasteiger partial charge in [-0.1, -0.05) is 36.8 Å². The minimum Gasteiger partial charge on any atom is -0.225 e. The number of hydrogen-bond acceptors (Lipinski definition) is 2. The highest BCUT2D eigenvalue weighted by Gasteiger charge is 2.03. The van der Waals surface area contributed by atoms with E-state index in [0.717, 1.165) is 22.1 Å². The third-order valence-corrected chi connectivity index (χ3v) is 2.72. The van der Waals surface area contributed by atoms with Gasteiger partial charge in [-0.2, -0.15) is 0 Å². The predicted octanol–water partition coefficient (Wildman–Crippen LogP) is 2.03. The summed E-state index contributed by atoms with van der Waals surface area (Å²) in [6.07, 6.45) is 0.638. The zero-order valence-corrected chi connectivity index (χ0v) is 9.71. The highest BCUT2D eigenvalue weighted by Crippen LogP contribution is 2.19. The van der Waals surface area contributed by atoms with Gasteiger partial charge in [-0.05, 0) is 24.5 Å². The fourth-order valence-electron chi connectivity index (χ4n) is 1.32. The van der Waals surface area contributed by atoms with Crippen molar-refractivity contribution in [2.45, 2.75) is 20.3 Å². The molecule has 0 aliphatic heterocycles. The fourth-order valence-corrected chi connectivity index (χ4v) is 2.02. The molecule has 0 saturated carbocycles. The Morgan fingerprint density at radius 3 is 2.27 bits per heavy atom. The highest BCUT2D eigenvalue weighted by atomic mass is 32.2. The number of sulfonamides is 1. The van der Waals surface area contributed by atoms with E-state index in [-0.39, 0.29) is 0 Å². The maximum absolute atomic E-state index is 10.9. The van der Waals surface area contributed by atoms with Gasteiger partial charge in [-0.15, -0.1) is 0 Å². The van der Waals surface area contributed by atoms with Crippen LogP contribution in [0.4, 0.5) is 0 Å². The number of allylic oxidation sites excluding steroid dienone is 1. The van der Waals surface area contributed by atoms with Gasteiger partial charge < -0.3 is 0 Å². The SMILES string of the molecule is CC/C(=C/S(N)(=O)=O)c1ccc(C)cc1. The Balaban J connectivity index is 3.14. The van der Waals surface area contributed by atoms with Gasteiger partial charge in [0.1, 0.15) is 0 Å². The number of nitrogens with two attached hydrogens (primary N) is 1. The van der Waals surface area contributed by atoms with Crippen molar-refractivity contribution >= 4 is 15.6 Å². The molecular formula is C11H15NO2S. The van der Waals surface area contributed by atoms with Crippen LogP contribution in [0.15, 0.2) is 29.7 Å². The van der Waals surface area contributed by atoms with Crippen molar-refractivity contribution in [3.63, 3.8) is 0 Å². The topological polar surface area (TPSA) is 60.2 Å². The summed E-state index contributed by atoms with van der Waals surface area (Å²) in [4.78, 5) is 0. The van der Waals surface area contributed by atoms with E-state index >= 15 is 0 Å². The Kier molecular flexibility index (Phi) is 3.66. The van der Waals surface area contributed by atoms with E-state index in [2.05, 4.69) is 0 Å². The van der Waals surface area contributed by atoms with Crippen LogP contribution < -0.4 is 5.14 Å². The summed E-state index contributed by atoms with van der Waals surface area (Å²) in [5.41, 5.74) is 2.78. The first-order valence-electron chi connectivity index (χ1n) is 4.73. The van der Waals surface area contributed by atoms with E-state index in [1.165, 1.54) is 0 Å². The van der Waals surface area contributed by atoms with Gasteiger partial charge in [-0.25, -0.2) is 13.6 Å². The molecule has 82 valence electrons. The molecule has 1 aromatic carbocycles. The first-order valence-corrected chi connectivity index (χ1v) is 6.33. The molecule has 0 heterocycles. The first-order chi connectivity index (χ1) is 6.92. The van der Waals surface area contributed by atoms with Crippen molar-refractivity contribution in [1.29, 1.82) is 0 Å². The van der Waals surface area contributed by atoms with E-state index in [1.54, 1.807) is 0 Å². The minimum atomic E-state index is -3.56. The predicted molar refractivity (Wildman–Crippen MR) is 62.6 cm³/mol. The van der Waals surface area contributed by atoms with E-state index in [1.807, 2.05) is 38.1 Å². The summed E-state index contributed by atoms with van der Waals surface area (Å²) >= 11 is 0. The van der Waals surface area contributed by atoms with Gasteiger partial charge in [0, 0.05) is 5.41 Å². The van der Waals surface area contributed by atoms with Crippen molar-refractivity contribution in [3.05, 3.63) is 40.8 Å². The van der Waals surface area contributed by atoms with Crippen molar-refractivity contribution < 1.29 is 8.42 Å². The Hall–Kier alpha value is -1.13. The smallest absolute Gasteiger partial charge is 0.225 e. The Bertz CT molecular complexity index is 458. The average molecular weight is 225 g/mol.